The predicted molar refractivity (Wildman–Crippen MR) is 73.7 cm³/mol. The van der Waals surface area contributed by atoms with Crippen LogP contribution in [0.3, 0.4) is 0 Å². The first-order valence-electron chi connectivity index (χ1n) is 6.78. The summed E-state index contributed by atoms with van der Waals surface area (Å²) in [5, 5.41) is 0. The molecule has 1 heteroatoms. The molecule has 0 spiro atoms. The van der Waals surface area contributed by atoms with Crippen LogP contribution in [-0.2, 0) is 0 Å². The molecule has 2 bridgehead atoms. The first kappa shape index (κ1) is 10.3. The van der Waals surface area contributed by atoms with Crippen molar-refractivity contribution in [1.82, 2.24) is 0 Å². The lowest BCUT2D eigenvalue weighted by atomic mass is 9.59. The number of hydrogen-bond acceptors (Lipinski definition) is 1. The van der Waals surface area contributed by atoms with Gasteiger partial charge in [-0.15, -0.1) is 0 Å². The lowest BCUT2D eigenvalue weighted by Crippen LogP contribution is -2.35. The van der Waals surface area contributed by atoms with Crippen LogP contribution >= 0.6 is 0 Å². The highest BCUT2D eigenvalue weighted by atomic mass is 14.6. The molecule has 0 amide bonds. The maximum atomic E-state index is 6.00. The molecule has 2 N–H and O–H groups in total. The zero-order valence-electron chi connectivity index (χ0n) is 10.3. The predicted octanol–water partition coefficient (Wildman–Crippen LogP) is 3.24. The maximum Gasteiger partial charge on any atom is 0.0136 e. The third kappa shape index (κ3) is 1.20. The van der Waals surface area contributed by atoms with Crippen molar-refractivity contribution in [2.45, 2.75) is 18.3 Å². The molecule has 5 rings (SSSR count). The van der Waals surface area contributed by atoms with Crippen molar-refractivity contribution >= 4 is 0 Å². The normalized spacial score (nSPS) is 27.7. The molecule has 2 aromatic rings. The minimum Gasteiger partial charge on any atom is -0.330 e. The van der Waals surface area contributed by atoms with Crippen molar-refractivity contribution in [1.29, 1.82) is 0 Å². The molecule has 0 aromatic heterocycles. The Morgan fingerprint density at radius 2 is 1.33 bits per heavy atom. The van der Waals surface area contributed by atoms with E-state index in [9.17, 15) is 0 Å². The lowest BCUT2D eigenvalue weighted by molar-refractivity contribution is 0.365. The average molecular weight is 235 g/mol. The van der Waals surface area contributed by atoms with Crippen LogP contribution in [0.2, 0.25) is 0 Å². The van der Waals surface area contributed by atoms with E-state index >= 15 is 0 Å². The molecule has 0 unspecified atom stereocenters. The van der Waals surface area contributed by atoms with E-state index in [2.05, 4.69) is 48.5 Å². The molecule has 3 aliphatic rings. The van der Waals surface area contributed by atoms with E-state index in [4.69, 9.17) is 5.73 Å². The van der Waals surface area contributed by atoms with Crippen LogP contribution in [0, 0.1) is 5.92 Å². The van der Waals surface area contributed by atoms with Gasteiger partial charge in [0.15, 0.2) is 0 Å². The summed E-state index contributed by atoms with van der Waals surface area (Å²) < 4.78 is 0. The Morgan fingerprint density at radius 3 is 1.83 bits per heavy atom. The molecule has 0 radical (unpaired) electrons. The molecule has 0 aliphatic heterocycles. The molecule has 1 nitrogen and oxygen atoms in total. The third-order valence-corrected chi connectivity index (χ3v) is 4.73. The smallest absolute Gasteiger partial charge is 0.0136 e. The van der Waals surface area contributed by atoms with Crippen LogP contribution in [0.1, 0.15) is 40.5 Å². The SMILES string of the molecule is NC[C@@H]1CC2c3ccccc3C1c1ccccc12. The standard InChI is InChI=1S/C17H17N/c18-10-11-9-16-12-5-1-3-7-14(12)17(11)15-8-4-2-6-13(15)16/h1-8,11,16-17H,9-10,18H2/t11-,16?,17?/m0/s1. The minimum atomic E-state index is 0.521. The quantitative estimate of drug-likeness (QED) is 0.806. The highest BCUT2D eigenvalue weighted by Crippen LogP contribution is 2.54. The van der Waals surface area contributed by atoms with Crippen molar-refractivity contribution in [2.24, 2.45) is 11.7 Å². The first-order chi connectivity index (χ1) is 8.90. The number of fused-ring (bicyclic) bond motifs is 1. The van der Waals surface area contributed by atoms with Gasteiger partial charge < -0.3 is 5.73 Å². The van der Waals surface area contributed by atoms with Crippen LogP contribution < -0.4 is 5.73 Å². The van der Waals surface area contributed by atoms with E-state index in [0.717, 1.165) is 6.54 Å². The number of nitrogens with two attached hydrogens (primary N) is 1. The second-order valence-electron chi connectivity index (χ2n) is 5.52. The zero-order chi connectivity index (χ0) is 12.1. The summed E-state index contributed by atoms with van der Waals surface area (Å²) in [6, 6.07) is 17.9. The summed E-state index contributed by atoms with van der Waals surface area (Å²) in [4.78, 5) is 0. The van der Waals surface area contributed by atoms with Crippen LogP contribution in [0.25, 0.3) is 0 Å². The zero-order valence-corrected chi connectivity index (χ0v) is 10.3. The van der Waals surface area contributed by atoms with Crippen molar-refractivity contribution in [2.75, 3.05) is 6.54 Å². The van der Waals surface area contributed by atoms with Crippen molar-refractivity contribution in [3.63, 3.8) is 0 Å². The molecule has 1 atom stereocenters. The molecular formula is C17H17N. The van der Waals surface area contributed by atoms with Gasteiger partial charge in [0.05, 0.1) is 0 Å². The van der Waals surface area contributed by atoms with Gasteiger partial charge in [0.25, 0.3) is 0 Å². The Hall–Kier alpha value is -1.60. The Morgan fingerprint density at radius 1 is 0.833 bits per heavy atom. The van der Waals surface area contributed by atoms with Gasteiger partial charge in [0, 0.05) is 11.8 Å². The monoisotopic (exact) mass is 235 g/mol. The van der Waals surface area contributed by atoms with Crippen LogP contribution in [0.5, 0.6) is 0 Å². The summed E-state index contributed by atoms with van der Waals surface area (Å²) in [5.74, 6) is 1.70. The highest BCUT2D eigenvalue weighted by Gasteiger charge is 2.42. The molecule has 18 heavy (non-hydrogen) atoms. The van der Waals surface area contributed by atoms with E-state index in [0.29, 0.717) is 17.8 Å². The fourth-order valence-corrected chi connectivity index (χ4v) is 3.99. The molecule has 3 aliphatic carbocycles. The van der Waals surface area contributed by atoms with Gasteiger partial charge >= 0.3 is 0 Å². The number of rotatable bonds is 1. The highest BCUT2D eigenvalue weighted by molar-refractivity contribution is 5.55. The van der Waals surface area contributed by atoms with E-state index in [-0.39, 0.29) is 0 Å². The molecule has 0 saturated heterocycles. The van der Waals surface area contributed by atoms with Gasteiger partial charge in [0.2, 0.25) is 0 Å². The van der Waals surface area contributed by atoms with Gasteiger partial charge in [0.1, 0.15) is 0 Å². The van der Waals surface area contributed by atoms with Gasteiger partial charge in [-0.2, -0.15) is 0 Å². The van der Waals surface area contributed by atoms with Gasteiger partial charge in [-0.3, -0.25) is 0 Å². The minimum absolute atomic E-state index is 0.521. The largest absolute Gasteiger partial charge is 0.330 e. The summed E-state index contributed by atoms with van der Waals surface area (Å²) >= 11 is 0. The molecule has 0 saturated carbocycles. The molecule has 90 valence electrons. The van der Waals surface area contributed by atoms with E-state index in [1.54, 1.807) is 0 Å². The molecular weight excluding hydrogens is 218 g/mol. The number of hydrogen-bond donors (Lipinski definition) is 1. The Kier molecular flexibility index (Phi) is 2.12. The summed E-state index contributed by atoms with van der Waals surface area (Å²) in [7, 11) is 0. The summed E-state index contributed by atoms with van der Waals surface area (Å²) in [6.07, 6.45) is 1.22. The van der Waals surface area contributed by atoms with E-state index in [1.165, 1.54) is 28.7 Å². The molecule has 0 heterocycles. The average Bonchev–Trinajstić information content (AvgIpc) is 2.47. The van der Waals surface area contributed by atoms with Crippen LogP contribution in [0.4, 0.5) is 0 Å². The molecule has 2 aromatic carbocycles. The molecule has 0 fully saturated rings. The fraction of sp³-hybridized carbons (Fsp3) is 0.294. The Balaban J connectivity index is 2.00. The van der Waals surface area contributed by atoms with E-state index in [1.807, 2.05) is 0 Å². The second-order valence-corrected chi connectivity index (χ2v) is 5.52. The Bertz CT molecular complexity index is 555. The van der Waals surface area contributed by atoms with Crippen molar-refractivity contribution in [3.05, 3.63) is 70.8 Å². The summed E-state index contributed by atoms with van der Waals surface area (Å²) in [6.45, 7) is 0.795. The van der Waals surface area contributed by atoms with Crippen LogP contribution in [-0.4, -0.2) is 6.54 Å². The topological polar surface area (TPSA) is 26.0 Å². The van der Waals surface area contributed by atoms with Gasteiger partial charge in [-0.05, 0) is 41.1 Å². The van der Waals surface area contributed by atoms with Gasteiger partial charge in [-0.1, -0.05) is 48.5 Å². The second kappa shape index (κ2) is 3.69. The lowest BCUT2D eigenvalue weighted by Gasteiger charge is -2.45. The van der Waals surface area contributed by atoms with Gasteiger partial charge in [-0.25, -0.2) is 0 Å². The third-order valence-electron chi connectivity index (χ3n) is 4.73. The summed E-state index contributed by atoms with van der Waals surface area (Å²) in [5.41, 5.74) is 12.1. The fourth-order valence-electron chi connectivity index (χ4n) is 3.99. The maximum absolute atomic E-state index is 6.00. The van der Waals surface area contributed by atoms with Crippen molar-refractivity contribution < 1.29 is 0 Å². The van der Waals surface area contributed by atoms with Crippen LogP contribution in [0.15, 0.2) is 48.5 Å². The van der Waals surface area contributed by atoms with E-state index < -0.39 is 0 Å². The first-order valence-corrected chi connectivity index (χ1v) is 6.78. The Labute approximate surface area is 108 Å². The number of benzene rings is 2. The van der Waals surface area contributed by atoms with Crippen molar-refractivity contribution in [3.8, 4) is 0 Å².